The molecule has 110 valence electrons. The van der Waals surface area contributed by atoms with E-state index >= 15 is 0 Å². The molecule has 0 spiro atoms. The van der Waals surface area contributed by atoms with E-state index in [9.17, 15) is 13.2 Å². The number of aldehydes is 1. The highest BCUT2D eigenvalue weighted by Crippen LogP contribution is 2.15. The molecule has 0 amide bonds. The Bertz CT molecular complexity index is 543. The number of hydrogen-bond donors (Lipinski definition) is 0. The summed E-state index contributed by atoms with van der Waals surface area (Å²) in [6.07, 6.45) is -0.425. The number of carbonyl (C=O) groups excluding carboxylic acids is 1. The van der Waals surface area contributed by atoms with Gasteiger partial charge in [0.25, 0.3) is 10.1 Å². The average molecular weight is 300 g/mol. The maximum absolute atomic E-state index is 11.9. The molecule has 1 unspecified atom stereocenters. The van der Waals surface area contributed by atoms with E-state index in [1.807, 2.05) is 6.92 Å². The van der Waals surface area contributed by atoms with E-state index in [0.29, 0.717) is 6.29 Å². The summed E-state index contributed by atoms with van der Waals surface area (Å²) < 4.78 is 39.3. The van der Waals surface area contributed by atoms with Crippen molar-refractivity contribution in [3.8, 4) is 0 Å². The highest BCUT2D eigenvalue weighted by molar-refractivity contribution is 7.86. The van der Waals surface area contributed by atoms with Crippen molar-refractivity contribution in [2.24, 2.45) is 0 Å². The van der Waals surface area contributed by atoms with Crippen LogP contribution < -0.4 is 0 Å². The van der Waals surface area contributed by atoms with Crippen molar-refractivity contribution in [2.75, 3.05) is 19.8 Å². The average Bonchev–Trinajstić information content (AvgIpc) is 2.46. The van der Waals surface area contributed by atoms with Gasteiger partial charge in [0.15, 0.2) is 6.29 Å². The zero-order valence-corrected chi connectivity index (χ0v) is 11.8. The summed E-state index contributed by atoms with van der Waals surface area (Å²) in [7, 11) is -3.80. The van der Waals surface area contributed by atoms with Crippen molar-refractivity contribution in [3.63, 3.8) is 0 Å². The fourth-order valence-electron chi connectivity index (χ4n) is 1.67. The molecule has 1 aliphatic heterocycles. The minimum Gasteiger partial charge on any atom is -0.370 e. The van der Waals surface area contributed by atoms with Gasteiger partial charge in [-0.1, -0.05) is 17.7 Å². The lowest BCUT2D eigenvalue weighted by atomic mass is 10.2. The fourth-order valence-corrected chi connectivity index (χ4v) is 2.61. The quantitative estimate of drug-likeness (QED) is 0.588. The van der Waals surface area contributed by atoms with Crippen LogP contribution >= 0.6 is 0 Å². The smallest absolute Gasteiger partial charge is 0.297 e. The molecule has 0 bridgehead atoms. The molecule has 1 aliphatic rings. The molecular formula is C13H16O6S. The number of carbonyl (C=O) groups is 1. The molecule has 1 aromatic carbocycles. The van der Waals surface area contributed by atoms with Gasteiger partial charge in [0.05, 0.1) is 24.7 Å². The molecule has 0 aliphatic carbocycles. The molecule has 0 aromatic heterocycles. The molecule has 2 atom stereocenters. The Labute approximate surface area is 117 Å². The van der Waals surface area contributed by atoms with Crippen LogP contribution in [0.5, 0.6) is 0 Å². The maximum atomic E-state index is 11.9. The van der Waals surface area contributed by atoms with E-state index in [1.54, 1.807) is 12.1 Å². The standard InChI is InChI=1S/C13H16O6S/c1-10-2-4-13(5-3-10)20(15,16)19-9-12-8-17-11(6-14)7-18-12/h2-6,11-12H,7-9H2,1H3/t11?,12-/m1/s1. The lowest BCUT2D eigenvalue weighted by molar-refractivity contribution is -0.152. The van der Waals surface area contributed by atoms with E-state index in [2.05, 4.69) is 0 Å². The van der Waals surface area contributed by atoms with E-state index in [4.69, 9.17) is 13.7 Å². The molecule has 1 fully saturated rings. The molecule has 0 radical (unpaired) electrons. The first-order chi connectivity index (χ1) is 9.51. The molecule has 1 heterocycles. The molecule has 2 rings (SSSR count). The molecule has 0 saturated carbocycles. The number of ether oxygens (including phenoxy) is 2. The van der Waals surface area contributed by atoms with Crippen LogP contribution in [0.3, 0.4) is 0 Å². The molecule has 6 nitrogen and oxygen atoms in total. The molecule has 1 aromatic rings. The number of hydrogen-bond acceptors (Lipinski definition) is 6. The predicted molar refractivity (Wildman–Crippen MR) is 69.9 cm³/mol. The molecule has 20 heavy (non-hydrogen) atoms. The van der Waals surface area contributed by atoms with E-state index in [-0.39, 0.29) is 24.7 Å². The minimum atomic E-state index is -3.80. The Balaban J connectivity index is 1.90. The van der Waals surface area contributed by atoms with Crippen LogP contribution in [0.25, 0.3) is 0 Å². The largest absolute Gasteiger partial charge is 0.370 e. The predicted octanol–water partition coefficient (Wildman–Crippen LogP) is 0.683. The lowest BCUT2D eigenvalue weighted by Crippen LogP contribution is -2.39. The van der Waals surface area contributed by atoms with Crippen molar-refractivity contribution in [1.82, 2.24) is 0 Å². The number of rotatable bonds is 5. The van der Waals surface area contributed by atoms with Crippen molar-refractivity contribution in [3.05, 3.63) is 29.8 Å². The van der Waals surface area contributed by atoms with Gasteiger partial charge < -0.3 is 14.3 Å². The Hall–Kier alpha value is -1.28. The first-order valence-electron chi connectivity index (χ1n) is 6.16. The normalized spacial score (nSPS) is 23.4. The second-order valence-electron chi connectivity index (χ2n) is 4.51. The van der Waals surface area contributed by atoms with Crippen LogP contribution in [0.2, 0.25) is 0 Å². The van der Waals surface area contributed by atoms with Crippen molar-refractivity contribution >= 4 is 16.4 Å². The van der Waals surface area contributed by atoms with Gasteiger partial charge in [-0.05, 0) is 19.1 Å². The van der Waals surface area contributed by atoms with Gasteiger partial charge in [0.2, 0.25) is 0 Å². The first-order valence-corrected chi connectivity index (χ1v) is 7.56. The van der Waals surface area contributed by atoms with Crippen molar-refractivity contribution in [2.45, 2.75) is 24.0 Å². The van der Waals surface area contributed by atoms with Gasteiger partial charge in [-0.15, -0.1) is 0 Å². The van der Waals surface area contributed by atoms with E-state index in [1.165, 1.54) is 12.1 Å². The summed E-state index contributed by atoms with van der Waals surface area (Å²) in [6, 6.07) is 6.38. The summed E-state index contributed by atoms with van der Waals surface area (Å²) in [5.41, 5.74) is 0.966. The molecule has 1 saturated heterocycles. The minimum absolute atomic E-state index is 0.102. The number of benzene rings is 1. The SMILES string of the molecule is Cc1ccc(S(=O)(=O)OC[C@H]2COC(C=O)CO2)cc1. The van der Waals surface area contributed by atoms with Crippen LogP contribution in [0.15, 0.2) is 29.2 Å². The van der Waals surface area contributed by atoms with Gasteiger partial charge in [-0.2, -0.15) is 8.42 Å². The Morgan fingerprint density at radius 1 is 1.25 bits per heavy atom. The molecule has 7 heteroatoms. The Kier molecular flexibility index (Phi) is 4.87. The maximum Gasteiger partial charge on any atom is 0.297 e. The summed E-state index contributed by atoms with van der Waals surface area (Å²) in [6.45, 7) is 1.98. The van der Waals surface area contributed by atoms with Gasteiger partial charge in [0, 0.05) is 0 Å². The Morgan fingerprint density at radius 3 is 2.50 bits per heavy atom. The van der Waals surface area contributed by atoms with Crippen LogP contribution in [0.4, 0.5) is 0 Å². The third-order valence-corrected chi connectivity index (χ3v) is 4.16. The summed E-state index contributed by atoms with van der Waals surface area (Å²) in [5, 5.41) is 0. The topological polar surface area (TPSA) is 78.9 Å². The summed E-state index contributed by atoms with van der Waals surface area (Å²) in [5.74, 6) is 0. The van der Waals surface area contributed by atoms with Gasteiger partial charge in [-0.3, -0.25) is 4.18 Å². The fraction of sp³-hybridized carbons (Fsp3) is 0.462. The van der Waals surface area contributed by atoms with Crippen LogP contribution in [0.1, 0.15) is 5.56 Å². The Morgan fingerprint density at radius 2 is 1.95 bits per heavy atom. The zero-order chi connectivity index (χ0) is 14.6. The molecular weight excluding hydrogens is 284 g/mol. The second-order valence-corrected chi connectivity index (χ2v) is 6.13. The zero-order valence-electron chi connectivity index (χ0n) is 11.0. The first kappa shape index (κ1) is 15.1. The van der Waals surface area contributed by atoms with E-state index < -0.39 is 22.3 Å². The highest BCUT2D eigenvalue weighted by Gasteiger charge is 2.24. The van der Waals surface area contributed by atoms with Gasteiger partial charge in [-0.25, -0.2) is 0 Å². The van der Waals surface area contributed by atoms with E-state index in [0.717, 1.165) is 5.56 Å². The van der Waals surface area contributed by atoms with Gasteiger partial charge >= 0.3 is 0 Å². The third kappa shape index (κ3) is 3.86. The van der Waals surface area contributed by atoms with Gasteiger partial charge in [0.1, 0.15) is 12.2 Å². The monoisotopic (exact) mass is 300 g/mol. The van der Waals surface area contributed by atoms with Crippen LogP contribution in [-0.4, -0.2) is 46.7 Å². The van der Waals surface area contributed by atoms with Crippen molar-refractivity contribution < 1.29 is 26.9 Å². The highest BCUT2D eigenvalue weighted by atomic mass is 32.2. The second kappa shape index (κ2) is 6.45. The lowest BCUT2D eigenvalue weighted by Gasteiger charge is -2.26. The summed E-state index contributed by atoms with van der Waals surface area (Å²) >= 11 is 0. The summed E-state index contributed by atoms with van der Waals surface area (Å²) in [4.78, 5) is 10.6. The van der Waals surface area contributed by atoms with Crippen LogP contribution in [0, 0.1) is 6.92 Å². The molecule has 0 N–H and O–H groups in total. The third-order valence-electron chi connectivity index (χ3n) is 2.86. The van der Waals surface area contributed by atoms with Crippen LogP contribution in [-0.2, 0) is 28.6 Å². The number of aryl methyl sites for hydroxylation is 1. The van der Waals surface area contributed by atoms with Crippen molar-refractivity contribution in [1.29, 1.82) is 0 Å².